The largest absolute Gasteiger partial charge is 0.346 e. The Kier molecular flexibility index (Phi) is 5.83. The molecular weight excluding hydrogens is 328 g/mol. The molecule has 1 unspecified atom stereocenters. The van der Waals surface area contributed by atoms with Crippen LogP contribution in [0.4, 0.5) is 0 Å². The van der Waals surface area contributed by atoms with Gasteiger partial charge in [-0.15, -0.1) is 0 Å². The lowest BCUT2D eigenvalue weighted by Gasteiger charge is -2.31. The maximum atomic E-state index is 12.3. The first-order chi connectivity index (χ1) is 8.79. The van der Waals surface area contributed by atoms with E-state index >= 15 is 0 Å². The predicted octanol–water partition coefficient (Wildman–Crippen LogP) is 3.60. The van der Waals surface area contributed by atoms with Gasteiger partial charge in [-0.25, -0.2) is 0 Å². The van der Waals surface area contributed by atoms with Crippen molar-refractivity contribution in [3.63, 3.8) is 0 Å². The first-order valence-corrected chi connectivity index (χ1v) is 7.43. The zero-order valence-corrected chi connectivity index (χ0v) is 13.8. The highest BCUT2D eigenvalue weighted by Gasteiger charge is 2.27. The second-order valence-corrected chi connectivity index (χ2v) is 6.65. The second kappa shape index (κ2) is 6.73. The van der Waals surface area contributed by atoms with Gasteiger partial charge in [-0.2, -0.15) is 0 Å². The van der Waals surface area contributed by atoms with Crippen molar-refractivity contribution in [3.8, 4) is 0 Å². The van der Waals surface area contributed by atoms with Crippen LogP contribution >= 0.6 is 27.5 Å². The van der Waals surface area contributed by atoms with Crippen molar-refractivity contribution >= 4 is 33.4 Å². The minimum Gasteiger partial charge on any atom is -0.346 e. The Morgan fingerprint density at radius 3 is 2.68 bits per heavy atom. The second-order valence-electron chi connectivity index (χ2n) is 5.42. The van der Waals surface area contributed by atoms with Crippen molar-refractivity contribution in [2.45, 2.75) is 32.7 Å². The minimum absolute atomic E-state index is 0.195. The number of rotatable bonds is 5. The van der Waals surface area contributed by atoms with Gasteiger partial charge in [-0.3, -0.25) is 4.79 Å². The molecule has 0 aliphatic heterocycles. The van der Waals surface area contributed by atoms with E-state index in [-0.39, 0.29) is 5.91 Å². The van der Waals surface area contributed by atoms with Gasteiger partial charge in [0.15, 0.2) is 0 Å². The van der Waals surface area contributed by atoms with Crippen molar-refractivity contribution in [3.05, 3.63) is 33.3 Å². The monoisotopic (exact) mass is 346 g/mol. The summed E-state index contributed by atoms with van der Waals surface area (Å²) in [6, 6.07) is 5.29. The van der Waals surface area contributed by atoms with Crippen LogP contribution in [0.1, 0.15) is 37.6 Å². The Morgan fingerprint density at radius 2 is 2.16 bits per heavy atom. The summed E-state index contributed by atoms with van der Waals surface area (Å²) in [5.41, 5.74) is 5.83. The Morgan fingerprint density at radius 1 is 1.53 bits per heavy atom. The van der Waals surface area contributed by atoms with E-state index in [1.165, 1.54) is 0 Å². The third kappa shape index (κ3) is 4.48. The van der Waals surface area contributed by atoms with Gasteiger partial charge in [-0.1, -0.05) is 31.5 Å². The average molecular weight is 348 g/mol. The standard InChI is InChI=1S/C14H20BrClN2O/c1-9(2)7-14(3,8-17)18-13(19)10-5-4-6-11(15)12(10)16/h4-6,9H,7-8,17H2,1-3H3,(H,18,19). The number of carbonyl (C=O) groups excluding carboxylic acids is 1. The van der Waals surface area contributed by atoms with Crippen LogP contribution < -0.4 is 11.1 Å². The van der Waals surface area contributed by atoms with Gasteiger partial charge >= 0.3 is 0 Å². The molecule has 0 saturated carbocycles. The van der Waals surface area contributed by atoms with Gasteiger partial charge in [0, 0.05) is 16.6 Å². The third-order valence-electron chi connectivity index (χ3n) is 2.92. The highest BCUT2D eigenvalue weighted by atomic mass is 79.9. The van der Waals surface area contributed by atoms with Gasteiger partial charge in [0.1, 0.15) is 0 Å². The topological polar surface area (TPSA) is 55.1 Å². The SMILES string of the molecule is CC(C)CC(C)(CN)NC(=O)c1cccc(Br)c1Cl. The lowest BCUT2D eigenvalue weighted by molar-refractivity contribution is 0.0898. The lowest BCUT2D eigenvalue weighted by Crippen LogP contribution is -2.52. The van der Waals surface area contributed by atoms with E-state index in [1.807, 2.05) is 6.92 Å². The summed E-state index contributed by atoms with van der Waals surface area (Å²) in [4.78, 5) is 12.3. The zero-order chi connectivity index (χ0) is 14.6. The molecule has 3 N–H and O–H groups in total. The molecule has 1 aromatic rings. The zero-order valence-electron chi connectivity index (χ0n) is 11.5. The normalized spacial score (nSPS) is 14.3. The van der Waals surface area contributed by atoms with E-state index in [2.05, 4.69) is 35.1 Å². The smallest absolute Gasteiger partial charge is 0.253 e. The van der Waals surface area contributed by atoms with E-state index in [1.54, 1.807) is 18.2 Å². The van der Waals surface area contributed by atoms with Crippen LogP contribution in [0.25, 0.3) is 0 Å². The van der Waals surface area contributed by atoms with Crippen LogP contribution in [0, 0.1) is 5.92 Å². The van der Waals surface area contributed by atoms with Gasteiger partial charge < -0.3 is 11.1 Å². The van der Waals surface area contributed by atoms with Crippen molar-refractivity contribution in [2.24, 2.45) is 11.7 Å². The average Bonchev–Trinajstić information content (AvgIpc) is 2.31. The van der Waals surface area contributed by atoms with Crippen LogP contribution in [-0.2, 0) is 0 Å². The summed E-state index contributed by atoms with van der Waals surface area (Å²) in [5.74, 6) is 0.256. The molecule has 1 aromatic carbocycles. The Balaban J connectivity index is 2.92. The number of hydrogen-bond donors (Lipinski definition) is 2. The summed E-state index contributed by atoms with van der Waals surface area (Å²) in [5, 5.41) is 3.41. The Labute approximate surface area is 128 Å². The van der Waals surface area contributed by atoms with E-state index in [0.717, 1.165) is 6.42 Å². The van der Waals surface area contributed by atoms with Crippen LogP contribution in [0.3, 0.4) is 0 Å². The van der Waals surface area contributed by atoms with Gasteiger partial charge in [0.05, 0.1) is 10.6 Å². The maximum absolute atomic E-state index is 12.3. The van der Waals surface area contributed by atoms with Crippen molar-refractivity contribution in [1.29, 1.82) is 0 Å². The lowest BCUT2D eigenvalue weighted by atomic mass is 9.90. The number of amides is 1. The highest BCUT2D eigenvalue weighted by Crippen LogP contribution is 2.26. The van der Waals surface area contributed by atoms with Crippen LogP contribution in [0.15, 0.2) is 22.7 Å². The van der Waals surface area contributed by atoms with Crippen LogP contribution in [-0.4, -0.2) is 18.0 Å². The molecule has 5 heteroatoms. The van der Waals surface area contributed by atoms with Gasteiger partial charge in [0.25, 0.3) is 5.91 Å². The summed E-state index contributed by atoms with van der Waals surface area (Å²) in [6.07, 6.45) is 0.820. The van der Waals surface area contributed by atoms with E-state index in [9.17, 15) is 4.79 Å². The molecule has 0 aliphatic carbocycles. The van der Waals surface area contributed by atoms with Crippen molar-refractivity contribution in [2.75, 3.05) is 6.54 Å². The number of hydrogen-bond acceptors (Lipinski definition) is 2. The number of carbonyl (C=O) groups is 1. The summed E-state index contributed by atoms with van der Waals surface area (Å²) < 4.78 is 0.708. The van der Waals surface area contributed by atoms with E-state index in [0.29, 0.717) is 27.5 Å². The molecule has 0 heterocycles. The quantitative estimate of drug-likeness (QED) is 0.855. The first-order valence-electron chi connectivity index (χ1n) is 6.25. The van der Waals surface area contributed by atoms with Crippen molar-refractivity contribution < 1.29 is 4.79 Å². The van der Waals surface area contributed by atoms with Gasteiger partial charge in [0.2, 0.25) is 0 Å². The molecule has 0 spiro atoms. The fraction of sp³-hybridized carbons (Fsp3) is 0.500. The number of halogens is 2. The Bertz CT molecular complexity index is 465. The molecule has 0 radical (unpaired) electrons. The van der Waals surface area contributed by atoms with Gasteiger partial charge in [-0.05, 0) is 47.3 Å². The molecule has 1 atom stereocenters. The third-order valence-corrected chi connectivity index (χ3v) is 4.22. The van der Waals surface area contributed by atoms with Crippen LogP contribution in [0.2, 0.25) is 5.02 Å². The number of nitrogens with two attached hydrogens (primary N) is 1. The molecule has 0 fully saturated rings. The molecule has 1 amide bonds. The molecule has 19 heavy (non-hydrogen) atoms. The van der Waals surface area contributed by atoms with E-state index < -0.39 is 5.54 Å². The first kappa shape index (κ1) is 16.5. The fourth-order valence-corrected chi connectivity index (χ4v) is 2.69. The summed E-state index contributed by atoms with van der Waals surface area (Å²) in [7, 11) is 0. The molecule has 3 nitrogen and oxygen atoms in total. The highest BCUT2D eigenvalue weighted by molar-refractivity contribution is 9.10. The molecular formula is C14H20BrClN2O. The Hall–Kier alpha value is -0.580. The number of nitrogens with one attached hydrogen (secondary N) is 1. The molecule has 0 bridgehead atoms. The maximum Gasteiger partial charge on any atom is 0.253 e. The summed E-state index contributed by atoms with van der Waals surface area (Å²) in [6.45, 7) is 6.55. The summed E-state index contributed by atoms with van der Waals surface area (Å²) >= 11 is 9.44. The molecule has 0 aliphatic rings. The number of benzene rings is 1. The minimum atomic E-state index is -0.420. The molecule has 106 valence electrons. The van der Waals surface area contributed by atoms with E-state index in [4.69, 9.17) is 17.3 Å². The predicted molar refractivity (Wildman–Crippen MR) is 83.5 cm³/mol. The molecule has 0 aromatic heterocycles. The molecule has 0 saturated heterocycles. The van der Waals surface area contributed by atoms with Crippen LogP contribution in [0.5, 0.6) is 0 Å². The fourth-order valence-electron chi connectivity index (χ4n) is 2.11. The molecule has 1 rings (SSSR count). The van der Waals surface area contributed by atoms with Crippen molar-refractivity contribution in [1.82, 2.24) is 5.32 Å².